The van der Waals surface area contributed by atoms with Crippen molar-refractivity contribution >= 4 is 29.7 Å². The van der Waals surface area contributed by atoms with Gasteiger partial charge in [0.2, 0.25) is 5.91 Å². The van der Waals surface area contributed by atoms with Crippen molar-refractivity contribution in [2.45, 2.75) is 69.5 Å². The number of imide groups is 1. The Bertz CT molecular complexity index is 1210. The quantitative estimate of drug-likeness (QED) is 0.256. The lowest BCUT2D eigenvalue weighted by Gasteiger charge is -2.31. The molecule has 10 nitrogen and oxygen atoms in total. The molecule has 0 saturated carbocycles. The molecule has 3 amide bonds. The van der Waals surface area contributed by atoms with Crippen molar-refractivity contribution in [3.8, 4) is 0 Å². The molecule has 2 aromatic carbocycles. The lowest BCUT2D eigenvalue weighted by Crippen LogP contribution is -2.55. The number of aliphatic carboxylic acids is 2. The Hall–Kier alpha value is -4.05. The maximum atomic E-state index is 13.5. The number of carbonyl (C=O) groups excluding carboxylic acids is 3. The smallest absolute Gasteiger partial charge is 0.326 e. The molecule has 0 radical (unpaired) electrons. The number of nitrogens with one attached hydrogen (secondary N) is 1. The molecule has 2 aliphatic rings. The van der Waals surface area contributed by atoms with Crippen molar-refractivity contribution in [1.82, 2.24) is 15.1 Å². The highest BCUT2D eigenvalue weighted by Crippen LogP contribution is 2.24. The summed E-state index contributed by atoms with van der Waals surface area (Å²) < 4.78 is 0. The van der Waals surface area contributed by atoms with E-state index < -0.39 is 36.0 Å². The number of benzene rings is 2. The number of carboxylic acids is 2. The van der Waals surface area contributed by atoms with E-state index in [4.69, 9.17) is 0 Å². The number of nitrogens with zero attached hydrogens (tertiary/aromatic N) is 2. The second-order valence-corrected chi connectivity index (χ2v) is 10.3. The number of unbranched alkanes of at least 4 members (excludes halogenated alkanes) is 1. The van der Waals surface area contributed by atoms with Crippen LogP contribution in [0.5, 0.6) is 0 Å². The van der Waals surface area contributed by atoms with Crippen molar-refractivity contribution in [2.75, 3.05) is 13.1 Å². The van der Waals surface area contributed by atoms with Gasteiger partial charge in [-0.2, -0.15) is 0 Å². The van der Waals surface area contributed by atoms with Gasteiger partial charge in [0, 0.05) is 13.1 Å². The van der Waals surface area contributed by atoms with Crippen molar-refractivity contribution in [2.24, 2.45) is 0 Å². The largest absolute Gasteiger partial charge is 0.480 e. The van der Waals surface area contributed by atoms with Gasteiger partial charge in [-0.3, -0.25) is 29.4 Å². The SMILES string of the molecule is O=C(O)C(CCc1ccccc1)NC1CCCCN(C(CCCCN2C(=O)c3ccccc3C2=O)C(=O)O)C1=O. The normalized spacial score (nSPS) is 18.8. The first-order valence-corrected chi connectivity index (χ1v) is 13.8. The van der Waals surface area contributed by atoms with Gasteiger partial charge < -0.3 is 15.1 Å². The summed E-state index contributed by atoms with van der Waals surface area (Å²) in [6, 6.07) is 13.3. The molecule has 3 atom stereocenters. The van der Waals surface area contributed by atoms with Crippen LogP contribution in [0.1, 0.15) is 71.2 Å². The summed E-state index contributed by atoms with van der Waals surface area (Å²) in [5.41, 5.74) is 1.73. The van der Waals surface area contributed by atoms with Gasteiger partial charge in [-0.1, -0.05) is 42.5 Å². The van der Waals surface area contributed by atoms with Crippen LogP contribution in [0.15, 0.2) is 54.6 Å². The maximum absolute atomic E-state index is 13.5. The number of hydrogen-bond acceptors (Lipinski definition) is 6. The fourth-order valence-corrected chi connectivity index (χ4v) is 5.47. The van der Waals surface area contributed by atoms with Crippen molar-refractivity contribution in [3.63, 3.8) is 0 Å². The molecule has 2 aliphatic heterocycles. The van der Waals surface area contributed by atoms with Crippen LogP contribution in [-0.4, -0.2) is 80.9 Å². The second kappa shape index (κ2) is 13.3. The van der Waals surface area contributed by atoms with Crippen LogP contribution in [-0.2, 0) is 20.8 Å². The van der Waals surface area contributed by atoms with Crippen molar-refractivity contribution < 1.29 is 34.2 Å². The highest BCUT2D eigenvalue weighted by Gasteiger charge is 2.37. The standard InChI is InChI=1S/C30H35N3O7/c34-26-21-12-4-5-13-22(21)27(35)33(26)19-9-7-15-25(30(39)40)32-18-8-6-14-23(28(32)36)31-24(29(37)38)17-16-20-10-2-1-3-11-20/h1-5,10-13,23-25,31H,6-9,14-19H2,(H,37,38)(H,39,40). The number of fused-ring (bicyclic) bond motifs is 1. The molecule has 0 bridgehead atoms. The topological polar surface area (TPSA) is 144 Å². The van der Waals surface area contributed by atoms with E-state index in [0.717, 1.165) is 5.56 Å². The van der Waals surface area contributed by atoms with Crippen LogP contribution in [0.4, 0.5) is 0 Å². The molecule has 4 rings (SSSR count). The zero-order valence-electron chi connectivity index (χ0n) is 22.3. The first-order chi connectivity index (χ1) is 19.3. The summed E-state index contributed by atoms with van der Waals surface area (Å²) in [7, 11) is 0. The van der Waals surface area contributed by atoms with Crippen LogP contribution < -0.4 is 5.32 Å². The van der Waals surface area contributed by atoms with Gasteiger partial charge in [0.25, 0.3) is 11.8 Å². The Kier molecular flexibility index (Phi) is 9.65. The summed E-state index contributed by atoms with van der Waals surface area (Å²) >= 11 is 0. The summed E-state index contributed by atoms with van der Waals surface area (Å²) in [5.74, 6) is -3.30. The Morgan fingerprint density at radius 1 is 0.850 bits per heavy atom. The predicted octanol–water partition coefficient (Wildman–Crippen LogP) is 2.96. The molecule has 0 spiro atoms. The van der Waals surface area contributed by atoms with Gasteiger partial charge in [0.15, 0.2) is 0 Å². The van der Waals surface area contributed by atoms with E-state index in [1.165, 1.54) is 9.80 Å². The number of aryl methyl sites for hydroxylation is 1. The number of amides is 3. The molecule has 10 heteroatoms. The van der Waals surface area contributed by atoms with E-state index in [-0.39, 0.29) is 31.3 Å². The average Bonchev–Trinajstić information content (AvgIpc) is 3.06. The van der Waals surface area contributed by atoms with Gasteiger partial charge in [-0.15, -0.1) is 0 Å². The number of likely N-dealkylation sites (tertiary alicyclic amines) is 1. The van der Waals surface area contributed by atoms with E-state index in [2.05, 4.69) is 5.32 Å². The minimum atomic E-state index is -1.13. The minimum absolute atomic E-state index is 0.160. The Morgan fingerprint density at radius 2 is 1.50 bits per heavy atom. The highest BCUT2D eigenvalue weighted by atomic mass is 16.4. The molecule has 2 aromatic rings. The van der Waals surface area contributed by atoms with Gasteiger partial charge in [0.1, 0.15) is 12.1 Å². The minimum Gasteiger partial charge on any atom is -0.480 e. The van der Waals surface area contributed by atoms with E-state index in [9.17, 15) is 34.2 Å². The van der Waals surface area contributed by atoms with Crippen LogP contribution in [0.25, 0.3) is 0 Å². The van der Waals surface area contributed by atoms with Gasteiger partial charge in [0.05, 0.1) is 17.2 Å². The first-order valence-electron chi connectivity index (χ1n) is 13.8. The van der Waals surface area contributed by atoms with Crippen LogP contribution in [0.2, 0.25) is 0 Å². The zero-order valence-corrected chi connectivity index (χ0v) is 22.3. The molecule has 212 valence electrons. The van der Waals surface area contributed by atoms with Gasteiger partial charge in [-0.05, 0) is 69.1 Å². The molecule has 0 aliphatic carbocycles. The first kappa shape index (κ1) is 28.9. The van der Waals surface area contributed by atoms with Gasteiger partial charge >= 0.3 is 11.9 Å². The van der Waals surface area contributed by atoms with Gasteiger partial charge in [-0.25, -0.2) is 4.79 Å². The van der Waals surface area contributed by atoms with E-state index in [1.54, 1.807) is 24.3 Å². The van der Waals surface area contributed by atoms with Crippen LogP contribution in [0, 0.1) is 0 Å². The zero-order chi connectivity index (χ0) is 28.6. The molecule has 2 heterocycles. The Labute approximate surface area is 233 Å². The molecule has 3 N–H and O–H groups in total. The molecule has 40 heavy (non-hydrogen) atoms. The summed E-state index contributed by atoms with van der Waals surface area (Å²) in [5, 5.41) is 22.8. The summed E-state index contributed by atoms with van der Waals surface area (Å²) in [6.45, 7) is 0.437. The van der Waals surface area contributed by atoms with Crippen LogP contribution in [0.3, 0.4) is 0 Å². The fourth-order valence-electron chi connectivity index (χ4n) is 5.47. The average molecular weight is 550 g/mol. The lowest BCUT2D eigenvalue weighted by atomic mass is 10.0. The highest BCUT2D eigenvalue weighted by molar-refractivity contribution is 6.21. The summed E-state index contributed by atoms with van der Waals surface area (Å²) in [4.78, 5) is 65.4. The Morgan fingerprint density at radius 3 is 2.12 bits per heavy atom. The van der Waals surface area contributed by atoms with E-state index >= 15 is 0 Å². The molecule has 1 fully saturated rings. The second-order valence-electron chi connectivity index (χ2n) is 10.3. The number of carboxylic acid groups (broad SMARTS) is 2. The van der Waals surface area contributed by atoms with E-state index in [0.29, 0.717) is 56.1 Å². The molecule has 1 saturated heterocycles. The Balaban J connectivity index is 1.34. The van der Waals surface area contributed by atoms with E-state index in [1.807, 2.05) is 30.3 Å². The monoisotopic (exact) mass is 549 g/mol. The third-order valence-electron chi connectivity index (χ3n) is 7.64. The number of rotatable bonds is 13. The third kappa shape index (κ3) is 6.74. The molecule has 0 aromatic heterocycles. The van der Waals surface area contributed by atoms with Crippen LogP contribution >= 0.6 is 0 Å². The molecule has 3 unspecified atom stereocenters. The number of hydrogen-bond donors (Lipinski definition) is 3. The fraction of sp³-hybridized carbons (Fsp3) is 0.433. The van der Waals surface area contributed by atoms with Crippen molar-refractivity contribution in [3.05, 3.63) is 71.3 Å². The lowest BCUT2D eigenvalue weighted by molar-refractivity contribution is -0.151. The molecular formula is C30H35N3O7. The summed E-state index contributed by atoms with van der Waals surface area (Å²) in [6.07, 6.45) is 3.48. The van der Waals surface area contributed by atoms with Crippen molar-refractivity contribution in [1.29, 1.82) is 0 Å². The number of carbonyl (C=O) groups is 5. The molecular weight excluding hydrogens is 514 g/mol. The predicted molar refractivity (Wildman–Crippen MR) is 146 cm³/mol. The third-order valence-corrected chi connectivity index (χ3v) is 7.64. The maximum Gasteiger partial charge on any atom is 0.326 e.